The Balaban J connectivity index is 1.99. The molecule has 1 aliphatic rings. The van der Waals surface area contributed by atoms with Gasteiger partial charge in [0.05, 0.1) is 11.8 Å². The zero-order valence-corrected chi connectivity index (χ0v) is 10.8. The standard InChI is InChI=1S/C14H11F3N2O2/c15-14(16,17)12-7-11(18-13(20)19-12)8-2-1-3-10(6-8)21-9-4-5-9/h1-3,6-7,9H,4-5H2,(H,18,19,20). The molecule has 7 heteroatoms. The van der Waals surface area contributed by atoms with Crippen LogP contribution in [0.15, 0.2) is 35.1 Å². The van der Waals surface area contributed by atoms with Crippen LogP contribution >= 0.6 is 0 Å². The van der Waals surface area contributed by atoms with Crippen LogP contribution in [0.2, 0.25) is 0 Å². The van der Waals surface area contributed by atoms with Gasteiger partial charge >= 0.3 is 11.9 Å². The van der Waals surface area contributed by atoms with Crippen molar-refractivity contribution in [2.24, 2.45) is 0 Å². The fraction of sp³-hybridized carbons (Fsp3) is 0.286. The molecule has 0 amide bonds. The molecule has 4 nitrogen and oxygen atoms in total. The van der Waals surface area contributed by atoms with Crippen LogP contribution in [0, 0.1) is 0 Å². The summed E-state index contributed by atoms with van der Waals surface area (Å²) in [6.45, 7) is 0. The van der Waals surface area contributed by atoms with Crippen molar-refractivity contribution in [2.75, 3.05) is 0 Å². The molecule has 0 spiro atoms. The van der Waals surface area contributed by atoms with Gasteiger partial charge in [-0.15, -0.1) is 0 Å². The third kappa shape index (κ3) is 3.24. The Kier molecular flexibility index (Phi) is 3.19. The largest absolute Gasteiger partial charge is 0.490 e. The van der Waals surface area contributed by atoms with Crippen LogP contribution in [-0.2, 0) is 6.18 Å². The maximum atomic E-state index is 12.7. The van der Waals surface area contributed by atoms with Crippen molar-refractivity contribution in [3.05, 3.63) is 46.5 Å². The number of H-pyrrole nitrogens is 1. The monoisotopic (exact) mass is 296 g/mol. The Morgan fingerprint density at radius 2 is 2.00 bits per heavy atom. The fourth-order valence-corrected chi connectivity index (χ4v) is 1.87. The van der Waals surface area contributed by atoms with Gasteiger partial charge in [0.25, 0.3) is 0 Å². The summed E-state index contributed by atoms with van der Waals surface area (Å²) in [6, 6.07) is 7.36. The van der Waals surface area contributed by atoms with E-state index in [4.69, 9.17) is 4.74 Å². The summed E-state index contributed by atoms with van der Waals surface area (Å²) in [5, 5.41) is 0. The van der Waals surface area contributed by atoms with Gasteiger partial charge in [0, 0.05) is 5.56 Å². The van der Waals surface area contributed by atoms with Crippen LogP contribution in [0.3, 0.4) is 0 Å². The molecule has 1 heterocycles. The van der Waals surface area contributed by atoms with Crippen LogP contribution in [0.4, 0.5) is 13.2 Å². The zero-order valence-electron chi connectivity index (χ0n) is 10.8. The minimum atomic E-state index is -4.63. The highest BCUT2D eigenvalue weighted by Crippen LogP contribution is 2.31. The molecule has 21 heavy (non-hydrogen) atoms. The summed E-state index contributed by atoms with van der Waals surface area (Å²) in [5.74, 6) is 0.561. The van der Waals surface area contributed by atoms with E-state index >= 15 is 0 Å². The van der Waals surface area contributed by atoms with Gasteiger partial charge in [0.15, 0.2) is 0 Å². The van der Waals surface area contributed by atoms with Gasteiger partial charge in [0.1, 0.15) is 11.4 Å². The second-order valence-corrected chi connectivity index (χ2v) is 4.83. The van der Waals surface area contributed by atoms with E-state index in [2.05, 4.69) is 4.98 Å². The van der Waals surface area contributed by atoms with Crippen molar-refractivity contribution in [3.8, 4) is 17.0 Å². The quantitative estimate of drug-likeness (QED) is 0.947. The molecule has 0 atom stereocenters. The molecule has 110 valence electrons. The SMILES string of the molecule is O=c1nc(-c2cccc(OC3CC3)c2)cc(C(F)(F)F)[nH]1. The van der Waals surface area contributed by atoms with Crippen LogP contribution < -0.4 is 10.4 Å². The Labute approximate surface area is 117 Å². The van der Waals surface area contributed by atoms with Gasteiger partial charge in [-0.2, -0.15) is 18.2 Å². The van der Waals surface area contributed by atoms with Gasteiger partial charge in [-0.3, -0.25) is 0 Å². The summed E-state index contributed by atoms with van der Waals surface area (Å²) in [4.78, 5) is 16.6. The summed E-state index contributed by atoms with van der Waals surface area (Å²) < 4.78 is 43.7. The smallest absolute Gasteiger partial charge is 0.431 e. The molecule has 0 saturated heterocycles. The number of hydrogen-bond donors (Lipinski definition) is 1. The predicted molar refractivity (Wildman–Crippen MR) is 68.9 cm³/mol. The Morgan fingerprint density at radius 3 is 2.67 bits per heavy atom. The van der Waals surface area contributed by atoms with Crippen LogP contribution in [0.1, 0.15) is 18.5 Å². The predicted octanol–water partition coefficient (Wildman–Crippen LogP) is 3.00. The lowest BCUT2D eigenvalue weighted by atomic mass is 10.1. The van der Waals surface area contributed by atoms with Crippen LogP contribution in [-0.4, -0.2) is 16.1 Å². The number of nitrogens with zero attached hydrogens (tertiary/aromatic N) is 1. The number of halogens is 3. The number of nitrogens with one attached hydrogen (secondary N) is 1. The Bertz CT molecular complexity index is 721. The number of hydrogen-bond acceptors (Lipinski definition) is 3. The zero-order chi connectivity index (χ0) is 15.0. The normalized spacial score (nSPS) is 15.0. The first-order valence-electron chi connectivity index (χ1n) is 6.37. The topological polar surface area (TPSA) is 55.0 Å². The molecule has 0 bridgehead atoms. The van der Waals surface area contributed by atoms with E-state index in [0.717, 1.165) is 18.9 Å². The van der Waals surface area contributed by atoms with Crippen molar-refractivity contribution in [1.29, 1.82) is 0 Å². The van der Waals surface area contributed by atoms with Crippen LogP contribution in [0.5, 0.6) is 5.75 Å². The first-order chi connectivity index (χ1) is 9.91. The first kappa shape index (κ1) is 13.7. The minimum Gasteiger partial charge on any atom is -0.490 e. The number of aromatic nitrogens is 2. The van der Waals surface area contributed by atoms with Gasteiger partial charge in [-0.25, -0.2) is 4.79 Å². The second-order valence-electron chi connectivity index (χ2n) is 4.83. The highest BCUT2D eigenvalue weighted by Gasteiger charge is 2.32. The lowest BCUT2D eigenvalue weighted by Crippen LogP contribution is -2.19. The van der Waals surface area contributed by atoms with Crippen molar-refractivity contribution < 1.29 is 17.9 Å². The molecule has 0 aliphatic heterocycles. The molecular formula is C14H11F3N2O2. The highest BCUT2D eigenvalue weighted by atomic mass is 19.4. The lowest BCUT2D eigenvalue weighted by molar-refractivity contribution is -0.141. The molecule has 1 N–H and O–H groups in total. The molecule has 2 aromatic rings. The van der Waals surface area contributed by atoms with Crippen LogP contribution in [0.25, 0.3) is 11.3 Å². The number of rotatable bonds is 3. The Morgan fingerprint density at radius 1 is 1.24 bits per heavy atom. The van der Waals surface area contributed by atoms with E-state index in [0.29, 0.717) is 11.3 Å². The molecule has 1 aromatic heterocycles. The maximum Gasteiger partial charge on any atom is 0.431 e. The van der Waals surface area contributed by atoms with Gasteiger partial charge in [-0.05, 0) is 31.0 Å². The molecule has 1 saturated carbocycles. The van der Waals surface area contributed by atoms with E-state index in [-0.39, 0.29) is 11.8 Å². The molecule has 0 unspecified atom stereocenters. The molecule has 1 aromatic carbocycles. The van der Waals surface area contributed by atoms with E-state index < -0.39 is 17.6 Å². The van der Waals surface area contributed by atoms with Gasteiger partial charge in [0.2, 0.25) is 0 Å². The summed E-state index contributed by atoms with van der Waals surface area (Å²) >= 11 is 0. The summed E-state index contributed by atoms with van der Waals surface area (Å²) in [6.07, 6.45) is -2.49. The van der Waals surface area contributed by atoms with Crippen molar-refractivity contribution in [2.45, 2.75) is 25.1 Å². The van der Waals surface area contributed by atoms with Crippen molar-refractivity contribution in [1.82, 2.24) is 9.97 Å². The Hall–Kier alpha value is -2.31. The average molecular weight is 296 g/mol. The fourth-order valence-electron chi connectivity index (χ4n) is 1.87. The molecule has 1 fully saturated rings. The van der Waals surface area contributed by atoms with Crippen molar-refractivity contribution >= 4 is 0 Å². The summed E-state index contributed by atoms with van der Waals surface area (Å²) in [5.41, 5.74) is -1.78. The molecule has 0 radical (unpaired) electrons. The number of aromatic amines is 1. The second kappa shape index (κ2) is 4.91. The van der Waals surface area contributed by atoms with E-state index in [9.17, 15) is 18.0 Å². The van der Waals surface area contributed by atoms with Crippen molar-refractivity contribution in [3.63, 3.8) is 0 Å². The van der Waals surface area contributed by atoms with E-state index in [1.54, 1.807) is 29.2 Å². The number of alkyl halides is 3. The third-order valence-electron chi connectivity index (χ3n) is 3.01. The molecule has 1 aliphatic carbocycles. The molecule has 3 rings (SSSR count). The molecular weight excluding hydrogens is 285 g/mol. The maximum absolute atomic E-state index is 12.7. The highest BCUT2D eigenvalue weighted by molar-refractivity contribution is 5.61. The summed E-state index contributed by atoms with van der Waals surface area (Å²) in [7, 11) is 0. The number of benzene rings is 1. The van der Waals surface area contributed by atoms with E-state index in [1.807, 2.05) is 0 Å². The van der Waals surface area contributed by atoms with Gasteiger partial charge in [-0.1, -0.05) is 12.1 Å². The lowest BCUT2D eigenvalue weighted by Gasteiger charge is -2.09. The first-order valence-corrected chi connectivity index (χ1v) is 6.37. The minimum absolute atomic E-state index is 0.0349. The average Bonchev–Trinajstić information content (AvgIpc) is 3.21. The van der Waals surface area contributed by atoms with E-state index in [1.165, 1.54) is 0 Å². The number of ether oxygens (including phenoxy) is 1. The van der Waals surface area contributed by atoms with Gasteiger partial charge < -0.3 is 9.72 Å². The third-order valence-corrected chi connectivity index (χ3v) is 3.01.